The van der Waals surface area contributed by atoms with Crippen molar-refractivity contribution in [3.05, 3.63) is 28.8 Å². The number of amides is 2. The van der Waals surface area contributed by atoms with Gasteiger partial charge in [0.25, 0.3) is 0 Å². The molecule has 0 unspecified atom stereocenters. The second-order valence-electron chi connectivity index (χ2n) is 6.82. The van der Waals surface area contributed by atoms with Gasteiger partial charge in [-0.3, -0.25) is 4.79 Å². The number of rotatable bonds is 4. The Morgan fingerprint density at radius 2 is 1.83 bits per heavy atom. The number of carbonyl (C=O) groups is 2. The van der Waals surface area contributed by atoms with Gasteiger partial charge in [0.1, 0.15) is 11.6 Å². The number of anilines is 1. The van der Waals surface area contributed by atoms with Gasteiger partial charge in [-0.25, -0.2) is 4.79 Å². The van der Waals surface area contributed by atoms with Crippen LogP contribution in [0.4, 0.5) is 10.5 Å². The number of hydrogen-bond donors (Lipinski definition) is 2. The third kappa shape index (κ3) is 6.48. The number of benzene rings is 1. The largest absolute Gasteiger partial charge is 0.444 e. The summed E-state index contributed by atoms with van der Waals surface area (Å²) in [6, 6.07) is 4.51. The number of alkyl carbamates (subject to hydrolysis) is 1. The predicted octanol–water partition coefficient (Wildman–Crippen LogP) is 4.14. The molecule has 6 heteroatoms. The van der Waals surface area contributed by atoms with Crippen LogP contribution in [0.5, 0.6) is 0 Å². The molecule has 2 N–H and O–H groups in total. The van der Waals surface area contributed by atoms with E-state index in [0.717, 1.165) is 5.56 Å². The lowest BCUT2D eigenvalue weighted by Gasteiger charge is -2.25. The normalized spacial score (nSPS) is 12.7. The van der Waals surface area contributed by atoms with Crippen LogP contribution < -0.4 is 10.6 Å². The van der Waals surface area contributed by atoms with Crippen LogP contribution in [0.25, 0.3) is 0 Å². The molecule has 0 aliphatic heterocycles. The number of nitrogens with one attached hydrogen (secondary N) is 2. The number of hydrogen-bond acceptors (Lipinski definition) is 3. The average molecular weight is 341 g/mol. The predicted molar refractivity (Wildman–Crippen MR) is 92.8 cm³/mol. The van der Waals surface area contributed by atoms with Gasteiger partial charge in [0, 0.05) is 10.7 Å². The SMILES string of the molecule is Cc1cc(Cl)ccc1NC(=O)[C@@H](NC(=O)OC(C)(C)C)C(C)C. The first kappa shape index (κ1) is 19.3. The van der Waals surface area contributed by atoms with Gasteiger partial charge in [0.15, 0.2) is 0 Å². The van der Waals surface area contributed by atoms with Gasteiger partial charge in [0.05, 0.1) is 0 Å². The van der Waals surface area contributed by atoms with E-state index in [9.17, 15) is 9.59 Å². The highest BCUT2D eigenvalue weighted by molar-refractivity contribution is 6.30. The molecule has 1 aromatic carbocycles. The third-order valence-electron chi connectivity index (χ3n) is 3.07. The molecule has 128 valence electrons. The molecular formula is C17H25ClN2O3. The third-order valence-corrected chi connectivity index (χ3v) is 3.30. The van der Waals surface area contributed by atoms with E-state index in [1.807, 2.05) is 20.8 Å². The number of aryl methyl sites for hydroxylation is 1. The molecule has 0 aromatic heterocycles. The second-order valence-corrected chi connectivity index (χ2v) is 7.25. The lowest BCUT2D eigenvalue weighted by Crippen LogP contribution is -2.48. The molecule has 0 radical (unpaired) electrons. The molecule has 1 atom stereocenters. The highest BCUT2D eigenvalue weighted by atomic mass is 35.5. The van der Waals surface area contributed by atoms with E-state index in [-0.39, 0.29) is 11.8 Å². The molecule has 0 spiro atoms. The first-order chi connectivity index (χ1) is 10.5. The minimum atomic E-state index is -0.695. The standard InChI is InChI=1S/C17H25ClN2O3/c1-10(2)14(20-16(22)23-17(4,5)6)15(21)19-13-8-7-12(18)9-11(13)3/h7-10,14H,1-6H3,(H,19,21)(H,20,22)/t14-/m0/s1. The van der Waals surface area contributed by atoms with Crippen LogP contribution in [0.1, 0.15) is 40.2 Å². The number of ether oxygens (including phenoxy) is 1. The van der Waals surface area contributed by atoms with Gasteiger partial charge >= 0.3 is 6.09 Å². The molecule has 0 saturated carbocycles. The smallest absolute Gasteiger partial charge is 0.408 e. The van der Waals surface area contributed by atoms with Crippen molar-refractivity contribution in [2.24, 2.45) is 5.92 Å². The fraction of sp³-hybridized carbons (Fsp3) is 0.529. The van der Waals surface area contributed by atoms with E-state index in [1.54, 1.807) is 39.0 Å². The Kier molecular flexibility index (Phi) is 6.45. The first-order valence-electron chi connectivity index (χ1n) is 7.56. The molecule has 1 aromatic rings. The summed E-state index contributed by atoms with van der Waals surface area (Å²) in [4.78, 5) is 24.4. The molecule has 0 aliphatic carbocycles. The molecule has 0 heterocycles. The van der Waals surface area contributed by atoms with Crippen molar-refractivity contribution in [1.82, 2.24) is 5.32 Å². The zero-order chi connectivity index (χ0) is 17.8. The Bertz CT molecular complexity index is 580. The van der Waals surface area contributed by atoms with Crippen molar-refractivity contribution >= 4 is 29.3 Å². The molecule has 23 heavy (non-hydrogen) atoms. The van der Waals surface area contributed by atoms with Crippen LogP contribution in [0.15, 0.2) is 18.2 Å². The Hall–Kier alpha value is -1.75. The van der Waals surface area contributed by atoms with Crippen LogP contribution in [0.3, 0.4) is 0 Å². The molecule has 0 bridgehead atoms. The van der Waals surface area contributed by atoms with E-state index >= 15 is 0 Å². The van der Waals surface area contributed by atoms with Crippen molar-refractivity contribution in [2.75, 3.05) is 5.32 Å². The maximum Gasteiger partial charge on any atom is 0.408 e. The minimum Gasteiger partial charge on any atom is -0.444 e. The highest BCUT2D eigenvalue weighted by Gasteiger charge is 2.27. The van der Waals surface area contributed by atoms with Gasteiger partial charge < -0.3 is 15.4 Å². The Morgan fingerprint density at radius 1 is 1.22 bits per heavy atom. The van der Waals surface area contributed by atoms with Crippen molar-refractivity contribution < 1.29 is 14.3 Å². The number of halogens is 1. The van der Waals surface area contributed by atoms with Crippen LogP contribution >= 0.6 is 11.6 Å². The zero-order valence-corrected chi connectivity index (χ0v) is 15.2. The summed E-state index contributed by atoms with van der Waals surface area (Å²) in [5.74, 6) is -0.383. The summed E-state index contributed by atoms with van der Waals surface area (Å²) in [7, 11) is 0. The lowest BCUT2D eigenvalue weighted by molar-refractivity contribution is -0.119. The van der Waals surface area contributed by atoms with Crippen molar-refractivity contribution in [2.45, 2.75) is 53.2 Å². The fourth-order valence-corrected chi connectivity index (χ4v) is 2.17. The summed E-state index contributed by atoms with van der Waals surface area (Å²) >= 11 is 5.91. The molecule has 2 amide bonds. The van der Waals surface area contributed by atoms with Gasteiger partial charge in [-0.2, -0.15) is 0 Å². The summed E-state index contributed by atoms with van der Waals surface area (Å²) < 4.78 is 5.21. The van der Waals surface area contributed by atoms with Gasteiger partial charge in [-0.15, -0.1) is 0 Å². The van der Waals surface area contributed by atoms with E-state index in [1.165, 1.54) is 0 Å². The van der Waals surface area contributed by atoms with Crippen LogP contribution in [0, 0.1) is 12.8 Å². The molecule has 0 saturated heterocycles. The second kappa shape index (κ2) is 7.68. The van der Waals surface area contributed by atoms with Crippen molar-refractivity contribution in [3.8, 4) is 0 Å². The van der Waals surface area contributed by atoms with Gasteiger partial charge in [0.2, 0.25) is 5.91 Å². The molecule has 1 rings (SSSR count). The maximum absolute atomic E-state index is 12.5. The van der Waals surface area contributed by atoms with E-state index in [2.05, 4.69) is 10.6 Å². The van der Waals surface area contributed by atoms with Crippen LogP contribution in [-0.4, -0.2) is 23.6 Å². The van der Waals surface area contributed by atoms with E-state index < -0.39 is 17.7 Å². The van der Waals surface area contributed by atoms with Gasteiger partial charge in [-0.1, -0.05) is 25.4 Å². The topological polar surface area (TPSA) is 67.4 Å². The molecule has 5 nitrogen and oxygen atoms in total. The first-order valence-corrected chi connectivity index (χ1v) is 7.94. The summed E-state index contributed by atoms with van der Waals surface area (Å²) in [6.07, 6.45) is -0.612. The molecular weight excluding hydrogens is 316 g/mol. The summed E-state index contributed by atoms with van der Waals surface area (Å²) in [5, 5.41) is 6.05. The Morgan fingerprint density at radius 3 is 2.30 bits per heavy atom. The van der Waals surface area contributed by atoms with E-state index in [4.69, 9.17) is 16.3 Å². The molecule has 0 fully saturated rings. The van der Waals surface area contributed by atoms with Crippen molar-refractivity contribution in [1.29, 1.82) is 0 Å². The number of carbonyl (C=O) groups excluding carboxylic acids is 2. The highest BCUT2D eigenvalue weighted by Crippen LogP contribution is 2.20. The molecule has 0 aliphatic rings. The fourth-order valence-electron chi connectivity index (χ4n) is 1.95. The van der Waals surface area contributed by atoms with Gasteiger partial charge in [-0.05, 0) is 57.4 Å². The maximum atomic E-state index is 12.5. The van der Waals surface area contributed by atoms with Crippen LogP contribution in [-0.2, 0) is 9.53 Å². The summed E-state index contributed by atoms with van der Waals surface area (Å²) in [5.41, 5.74) is 0.899. The monoisotopic (exact) mass is 340 g/mol. The lowest BCUT2D eigenvalue weighted by atomic mass is 10.0. The van der Waals surface area contributed by atoms with Crippen molar-refractivity contribution in [3.63, 3.8) is 0 Å². The zero-order valence-electron chi connectivity index (χ0n) is 14.5. The average Bonchev–Trinajstić information content (AvgIpc) is 2.36. The Labute approximate surface area is 142 Å². The quantitative estimate of drug-likeness (QED) is 0.865. The Balaban J connectivity index is 2.81. The van der Waals surface area contributed by atoms with Crippen LogP contribution in [0.2, 0.25) is 5.02 Å². The summed E-state index contributed by atoms with van der Waals surface area (Å²) in [6.45, 7) is 10.9. The van der Waals surface area contributed by atoms with E-state index in [0.29, 0.717) is 10.7 Å². The minimum absolute atomic E-state index is 0.0878.